The first kappa shape index (κ1) is 19.5. The van der Waals surface area contributed by atoms with Crippen molar-refractivity contribution in [3.63, 3.8) is 0 Å². The molecule has 3 N–H and O–H groups in total. The Morgan fingerprint density at radius 2 is 2.15 bits per heavy atom. The van der Waals surface area contributed by atoms with Crippen LogP contribution in [-0.4, -0.2) is 22.1 Å². The predicted octanol–water partition coefficient (Wildman–Crippen LogP) is 3.43. The van der Waals surface area contributed by atoms with Crippen molar-refractivity contribution in [3.8, 4) is 5.75 Å². The number of benzene rings is 2. The highest BCUT2D eigenvalue weighted by Crippen LogP contribution is 2.31. The van der Waals surface area contributed by atoms with Crippen LogP contribution in [0.15, 0.2) is 47.5 Å². The molecular formula is C20H24IN5O. The summed E-state index contributed by atoms with van der Waals surface area (Å²) in [6.45, 7) is 3.18. The van der Waals surface area contributed by atoms with Gasteiger partial charge in [0.05, 0.1) is 23.7 Å². The van der Waals surface area contributed by atoms with Crippen LogP contribution in [0.3, 0.4) is 0 Å². The molecule has 0 spiro atoms. The summed E-state index contributed by atoms with van der Waals surface area (Å²) in [5.74, 6) is 2.23. The van der Waals surface area contributed by atoms with Gasteiger partial charge >= 0.3 is 0 Å². The Hall–Kier alpha value is -2.29. The number of fused-ring (bicyclic) bond motifs is 2. The van der Waals surface area contributed by atoms with Gasteiger partial charge in [-0.2, -0.15) is 0 Å². The lowest BCUT2D eigenvalue weighted by Crippen LogP contribution is -2.37. The number of aromatic nitrogens is 2. The lowest BCUT2D eigenvalue weighted by Gasteiger charge is -2.26. The van der Waals surface area contributed by atoms with Crippen molar-refractivity contribution >= 4 is 41.0 Å². The number of imidazole rings is 1. The van der Waals surface area contributed by atoms with E-state index in [4.69, 9.17) is 10.5 Å². The molecule has 0 saturated carbocycles. The predicted molar refractivity (Wildman–Crippen MR) is 119 cm³/mol. The van der Waals surface area contributed by atoms with Crippen LogP contribution >= 0.6 is 24.0 Å². The van der Waals surface area contributed by atoms with Crippen molar-refractivity contribution in [1.29, 1.82) is 0 Å². The summed E-state index contributed by atoms with van der Waals surface area (Å²) in [5, 5.41) is 3.32. The van der Waals surface area contributed by atoms with Crippen molar-refractivity contribution in [2.75, 3.05) is 6.61 Å². The number of para-hydroxylation sites is 1. The van der Waals surface area contributed by atoms with Crippen molar-refractivity contribution in [1.82, 2.24) is 14.9 Å². The second-order valence-corrected chi connectivity index (χ2v) is 6.65. The zero-order chi connectivity index (χ0) is 18.1. The minimum atomic E-state index is 0. The van der Waals surface area contributed by atoms with Crippen molar-refractivity contribution in [2.45, 2.75) is 25.9 Å². The number of aliphatic imine (C=N–C) groups is 1. The molecule has 0 amide bonds. The van der Waals surface area contributed by atoms with Gasteiger partial charge in [-0.3, -0.25) is 0 Å². The first-order valence-corrected chi connectivity index (χ1v) is 8.82. The van der Waals surface area contributed by atoms with E-state index in [0.29, 0.717) is 19.1 Å². The molecule has 4 rings (SSSR count). The summed E-state index contributed by atoms with van der Waals surface area (Å²) < 4.78 is 7.75. The molecule has 2 heterocycles. The second kappa shape index (κ2) is 8.16. The molecule has 0 aliphatic carbocycles. The van der Waals surface area contributed by atoms with E-state index in [-0.39, 0.29) is 30.0 Å². The molecule has 2 aromatic carbocycles. The molecule has 1 aliphatic heterocycles. The third kappa shape index (κ3) is 4.02. The van der Waals surface area contributed by atoms with Crippen LogP contribution < -0.4 is 15.8 Å². The van der Waals surface area contributed by atoms with Gasteiger partial charge in [-0.25, -0.2) is 9.98 Å². The third-order valence-electron chi connectivity index (χ3n) is 4.80. The summed E-state index contributed by atoms with van der Waals surface area (Å²) in [4.78, 5) is 9.18. The van der Waals surface area contributed by atoms with Crippen molar-refractivity contribution in [2.24, 2.45) is 17.8 Å². The van der Waals surface area contributed by atoms with E-state index in [1.807, 2.05) is 25.2 Å². The topological polar surface area (TPSA) is 77.5 Å². The molecule has 6 nitrogen and oxygen atoms in total. The Balaban J connectivity index is 0.00000210. The quantitative estimate of drug-likeness (QED) is 0.344. The average molecular weight is 477 g/mol. The number of ether oxygens (including phenoxy) is 1. The standard InChI is InChI=1S/C20H23N5O.HI/c1-13-7-8-17-16(11-13)23-19(25(17)2)12-22-20(21)24-15-9-10-26-18-6-4-3-5-14(15)18;/h3-8,11,15H,9-10,12H2,1-2H3,(H3,21,22,24);1H. The van der Waals surface area contributed by atoms with Gasteiger partial charge in [0.15, 0.2) is 5.96 Å². The van der Waals surface area contributed by atoms with Crippen LogP contribution in [0, 0.1) is 6.92 Å². The maximum atomic E-state index is 6.14. The molecule has 7 heteroatoms. The average Bonchev–Trinajstić information content (AvgIpc) is 2.95. The Labute approximate surface area is 175 Å². The minimum Gasteiger partial charge on any atom is -0.493 e. The Bertz CT molecular complexity index is 982. The highest BCUT2D eigenvalue weighted by atomic mass is 127. The molecule has 1 atom stereocenters. The van der Waals surface area contributed by atoms with Crippen molar-refractivity contribution < 1.29 is 4.74 Å². The summed E-state index contributed by atoms with van der Waals surface area (Å²) in [6, 6.07) is 14.4. The fourth-order valence-electron chi connectivity index (χ4n) is 3.37. The summed E-state index contributed by atoms with van der Waals surface area (Å²) in [7, 11) is 2.01. The zero-order valence-electron chi connectivity index (χ0n) is 15.5. The molecule has 142 valence electrons. The fraction of sp³-hybridized carbons (Fsp3) is 0.300. The lowest BCUT2D eigenvalue weighted by atomic mass is 10.0. The third-order valence-corrected chi connectivity index (χ3v) is 4.80. The number of guanidine groups is 1. The monoisotopic (exact) mass is 477 g/mol. The number of nitrogens with two attached hydrogens (primary N) is 1. The van der Waals surface area contributed by atoms with Crippen LogP contribution in [-0.2, 0) is 13.6 Å². The number of rotatable bonds is 3. The van der Waals surface area contributed by atoms with Gasteiger partial charge in [0.1, 0.15) is 18.1 Å². The number of halogens is 1. The molecule has 1 aromatic heterocycles. The number of hydrogen-bond donors (Lipinski definition) is 2. The highest BCUT2D eigenvalue weighted by Gasteiger charge is 2.21. The fourth-order valence-corrected chi connectivity index (χ4v) is 3.37. The Morgan fingerprint density at radius 3 is 3.00 bits per heavy atom. The van der Waals surface area contributed by atoms with Gasteiger partial charge in [-0.1, -0.05) is 24.3 Å². The molecule has 27 heavy (non-hydrogen) atoms. The SMILES string of the molecule is Cc1ccc2c(c1)nc(CN=C(N)NC1CCOc3ccccc31)n2C.I. The Morgan fingerprint density at radius 1 is 1.33 bits per heavy atom. The van der Waals surface area contributed by atoms with Gasteiger partial charge in [0.25, 0.3) is 0 Å². The van der Waals surface area contributed by atoms with Gasteiger partial charge in [-0.05, 0) is 30.7 Å². The molecular weight excluding hydrogens is 453 g/mol. The second-order valence-electron chi connectivity index (χ2n) is 6.65. The number of nitrogens with one attached hydrogen (secondary N) is 1. The molecule has 1 unspecified atom stereocenters. The van der Waals surface area contributed by atoms with E-state index < -0.39 is 0 Å². The number of aryl methyl sites for hydroxylation is 2. The Kier molecular flexibility index (Phi) is 5.88. The van der Waals surface area contributed by atoms with E-state index in [1.54, 1.807) is 0 Å². The molecule has 0 bridgehead atoms. The minimum absolute atomic E-state index is 0. The molecule has 3 aromatic rings. The molecule has 0 saturated heterocycles. The molecule has 1 aliphatic rings. The van der Waals surface area contributed by atoms with Crippen LogP contribution in [0.2, 0.25) is 0 Å². The van der Waals surface area contributed by atoms with E-state index in [1.165, 1.54) is 5.56 Å². The number of hydrogen-bond acceptors (Lipinski definition) is 3. The molecule has 0 fully saturated rings. The maximum absolute atomic E-state index is 6.14. The van der Waals surface area contributed by atoms with Gasteiger partial charge in [0, 0.05) is 19.0 Å². The van der Waals surface area contributed by atoms with Gasteiger partial charge < -0.3 is 20.4 Å². The van der Waals surface area contributed by atoms with Crippen LogP contribution in [0.25, 0.3) is 11.0 Å². The maximum Gasteiger partial charge on any atom is 0.189 e. The molecule has 0 radical (unpaired) electrons. The normalized spacial score (nSPS) is 16.4. The first-order chi connectivity index (χ1) is 12.6. The summed E-state index contributed by atoms with van der Waals surface area (Å²) in [6.07, 6.45) is 0.860. The number of nitrogens with zero attached hydrogens (tertiary/aromatic N) is 3. The summed E-state index contributed by atoms with van der Waals surface area (Å²) in [5.41, 5.74) is 10.5. The largest absolute Gasteiger partial charge is 0.493 e. The van der Waals surface area contributed by atoms with Crippen LogP contribution in [0.1, 0.15) is 29.4 Å². The van der Waals surface area contributed by atoms with Gasteiger partial charge in [-0.15, -0.1) is 24.0 Å². The highest BCUT2D eigenvalue weighted by molar-refractivity contribution is 14.0. The van der Waals surface area contributed by atoms with Crippen molar-refractivity contribution in [3.05, 3.63) is 59.4 Å². The van der Waals surface area contributed by atoms with E-state index in [2.05, 4.69) is 51.0 Å². The van der Waals surface area contributed by atoms with Gasteiger partial charge in [0.2, 0.25) is 0 Å². The lowest BCUT2D eigenvalue weighted by molar-refractivity contribution is 0.262. The zero-order valence-corrected chi connectivity index (χ0v) is 17.8. The first-order valence-electron chi connectivity index (χ1n) is 8.82. The van der Waals surface area contributed by atoms with E-state index in [9.17, 15) is 0 Å². The van der Waals surface area contributed by atoms with Crippen LogP contribution in [0.5, 0.6) is 5.75 Å². The van der Waals surface area contributed by atoms with Crippen LogP contribution in [0.4, 0.5) is 0 Å². The summed E-state index contributed by atoms with van der Waals surface area (Å²) >= 11 is 0. The smallest absolute Gasteiger partial charge is 0.189 e. The van der Waals surface area contributed by atoms with E-state index in [0.717, 1.165) is 34.6 Å². The van der Waals surface area contributed by atoms with E-state index >= 15 is 0 Å².